The maximum absolute atomic E-state index is 10.1. The van der Waals surface area contributed by atoms with Crippen LogP contribution in [0.15, 0.2) is 48.5 Å². The summed E-state index contributed by atoms with van der Waals surface area (Å²) in [5.41, 5.74) is 5.75. The lowest BCUT2D eigenvalue weighted by molar-refractivity contribution is -0.137. The molecule has 0 aliphatic heterocycles. The van der Waals surface area contributed by atoms with E-state index in [1.807, 2.05) is 0 Å². The second-order valence-corrected chi connectivity index (χ2v) is 6.76. The predicted molar refractivity (Wildman–Crippen MR) is 105 cm³/mol. The summed E-state index contributed by atoms with van der Waals surface area (Å²) in [7, 11) is 0. The maximum atomic E-state index is 10.1. The van der Waals surface area contributed by atoms with Crippen LogP contribution in [0.2, 0.25) is 0 Å². The molecule has 2 nitrogen and oxygen atoms in total. The van der Waals surface area contributed by atoms with Gasteiger partial charge in [-0.15, -0.1) is 0 Å². The zero-order valence-electron chi connectivity index (χ0n) is 15.3. The summed E-state index contributed by atoms with van der Waals surface area (Å²) in [6, 6.07) is 17.3. The van der Waals surface area contributed by atoms with E-state index < -0.39 is 5.97 Å². The molecule has 2 aromatic rings. The molecule has 0 saturated heterocycles. The van der Waals surface area contributed by atoms with Gasteiger partial charge < -0.3 is 5.11 Å². The number of hydrogen-bond acceptors (Lipinski definition) is 1. The van der Waals surface area contributed by atoms with Gasteiger partial charge in [-0.05, 0) is 35.1 Å². The highest BCUT2D eigenvalue weighted by Gasteiger charge is 2.15. The SMILES string of the molecule is CCCCCCCCCC(=O)O.c1ccc2c(c1)Cc1ccccc1-2. The van der Waals surface area contributed by atoms with Crippen LogP contribution in [-0.4, -0.2) is 11.1 Å². The molecule has 0 spiro atoms. The lowest BCUT2D eigenvalue weighted by Crippen LogP contribution is -1.93. The van der Waals surface area contributed by atoms with E-state index in [1.165, 1.54) is 54.4 Å². The lowest BCUT2D eigenvalue weighted by atomic mass is 10.1. The Morgan fingerprint density at radius 2 is 1.28 bits per heavy atom. The third-order valence-corrected chi connectivity index (χ3v) is 4.70. The van der Waals surface area contributed by atoms with Gasteiger partial charge in [-0.3, -0.25) is 4.79 Å². The first-order chi connectivity index (χ1) is 12.2. The number of benzene rings is 2. The van der Waals surface area contributed by atoms with Gasteiger partial charge in [0, 0.05) is 6.42 Å². The quantitative estimate of drug-likeness (QED) is 0.478. The molecule has 0 unspecified atom stereocenters. The lowest BCUT2D eigenvalue weighted by Gasteiger charge is -1.98. The minimum atomic E-state index is -0.663. The largest absolute Gasteiger partial charge is 0.481 e. The Kier molecular flexibility index (Phi) is 8.24. The Labute approximate surface area is 151 Å². The first kappa shape index (κ1) is 19.2. The summed E-state index contributed by atoms with van der Waals surface area (Å²) in [6.45, 7) is 2.20. The topological polar surface area (TPSA) is 37.3 Å². The fourth-order valence-corrected chi connectivity index (χ4v) is 3.31. The first-order valence-electron chi connectivity index (χ1n) is 9.60. The Morgan fingerprint density at radius 3 is 1.80 bits per heavy atom. The van der Waals surface area contributed by atoms with Crippen LogP contribution in [0, 0.1) is 0 Å². The van der Waals surface area contributed by atoms with Crippen molar-refractivity contribution in [3.63, 3.8) is 0 Å². The van der Waals surface area contributed by atoms with Gasteiger partial charge in [0.25, 0.3) is 0 Å². The average molecular weight is 338 g/mol. The molecule has 0 amide bonds. The molecule has 3 rings (SSSR count). The molecule has 1 aliphatic carbocycles. The van der Waals surface area contributed by atoms with Gasteiger partial charge in [0.15, 0.2) is 0 Å². The monoisotopic (exact) mass is 338 g/mol. The van der Waals surface area contributed by atoms with Gasteiger partial charge >= 0.3 is 5.97 Å². The Hall–Kier alpha value is -2.09. The van der Waals surface area contributed by atoms with Gasteiger partial charge in [0.2, 0.25) is 0 Å². The Balaban J connectivity index is 0.000000182. The second-order valence-electron chi connectivity index (χ2n) is 6.76. The fourth-order valence-electron chi connectivity index (χ4n) is 3.31. The summed E-state index contributed by atoms with van der Waals surface area (Å²) in [6.07, 6.45) is 9.75. The van der Waals surface area contributed by atoms with Crippen LogP contribution in [0.25, 0.3) is 11.1 Å². The molecule has 1 N–H and O–H groups in total. The van der Waals surface area contributed by atoms with Crippen molar-refractivity contribution in [3.8, 4) is 11.1 Å². The van der Waals surface area contributed by atoms with Crippen LogP contribution >= 0.6 is 0 Å². The molecule has 0 bridgehead atoms. The number of fused-ring (bicyclic) bond motifs is 3. The van der Waals surface area contributed by atoms with E-state index in [-0.39, 0.29) is 0 Å². The van der Waals surface area contributed by atoms with E-state index in [4.69, 9.17) is 5.11 Å². The Bertz CT molecular complexity index is 617. The molecule has 0 atom stereocenters. The van der Waals surface area contributed by atoms with E-state index in [1.54, 1.807) is 0 Å². The van der Waals surface area contributed by atoms with Crippen LogP contribution in [-0.2, 0) is 11.2 Å². The molecule has 2 heteroatoms. The van der Waals surface area contributed by atoms with E-state index >= 15 is 0 Å². The number of carbonyl (C=O) groups is 1. The van der Waals surface area contributed by atoms with Crippen LogP contribution < -0.4 is 0 Å². The number of carboxylic acids is 1. The number of hydrogen-bond donors (Lipinski definition) is 1. The van der Waals surface area contributed by atoms with Gasteiger partial charge in [0.05, 0.1) is 0 Å². The van der Waals surface area contributed by atoms with Crippen LogP contribution in [0.3, 0.4) is 0 Å². The molecular weight excluding hydrogens is 308 g/mol. The third-order valence-electron chi connectivity index (χ3n) is 4.70. The molecule has 0 heterocycles. The highest BCUT2D eigenvalue weighted by Crippen LogP contribution is 2.35. The molecule has 25 heavy (non-hydrogen) atoms. The molecule has 134 valence electrons. The molecule has 0 aromatic heterocycles. The van der Waals surface area contributed by atoms with Crippen LogP contribution in [0.4, 0.5) is 0 Å². The highest BCUT2D eigenvalue weighted by atomic mass is 16.4. The van der Waals surface area contributed by atoms with Crippen molar-refractivity contribution in [2.75, 3.05) is 0 Å². The van der Waals surface area contributed by atoms with E-state index in [9.17, 15) is 4.79 Å². The van der Waals surface area contributed by atoms with E-state index in [2.05, 4.69) is 55.5 Å². The number of carboxylic acid groups (broad SMARTS) is 1. The molecular formula is C23H30O2. The normalized spacial score (nSPS) is 11.2. The molecule has 0 saturated carbocycles. The zero-order valence-corrected chi connectivity index (χ0v) is 15.3. The standard InChI is InChI=1S/C13H10.C10H20O2/c1-3-7-12-10(5-1)9-11-6-2-4-8-13(11)12;1-2-3-4-5-6-7-8-9-10(11)12/h1-8H,9H2;2-9H2,1H3,(H,11,12). The van der Waals surface area contributed by atoms with Crippen molar-refractivity contribution in [1.82, 2.24) is 0 Å². The van der Waals surface area contributed by atoms with E-state index in [0.29, 0.717) is 6.42 Å². The van der Waals surface area contributed by atoms with E-state index in [0.717, 1.165) is 19.3 Å². The number of aliphatic carboxylic acids is 1. The smallest absolute Gasteiger partial charge is 0.303 e. The summed E-state index contributed by atoms with van der Waals surface area (Å²) in [4.78, 5) is 10.1. The zero-order chi connectivity index (χ0) is 17.9. The second kappa shape index (κ2) is 10.7. The highest BCUT2D eigenvalue weighted by molar-refractivity contribution is 5.76. The molecule has 0 fully saturated rings. The van der Waals surface area contributed by atoms with Crippen molar-refractivity contribution in [2.45, 2.75) is 64.7 Å². The van der Waals surface area contributed by atoms with Crippen molar-refractivity contribution >= 4 is 5.97 Å². The Morgan fingerprint density at radius 1 is 0.800 bits per heavy atom. The van der Waals surface area contributed by atoms with Gasteiger partial charge in [-0.25, -0.2) is 0 Å². The predicted octanol–water partition coefficient (Wildman–Crippen LogP) is 6.47. The molecule has 0 radical (unpaired) electrons. The maximum Gasteiger partial charge on any atom is 0.303 e. The molecule has 2 aromatic carbocycles. The minimum absolute atomic E-state index is 0.341. The first-order valence-corrected chi connectivity index (χ1v) is 9.60. The van der Waals surface area contributed by atoms with Crippen LogP contribution in [0.1, 0.15) is 69.4 Å². The van der Waals surface area contributed by atoms with Gasteiger partial charge in [-0.2, -0.15) is 0 Å². The van der Waals surface area contributed by atoms with Crippen molar-refractivity contribution in [3.05, 3.63) is 59.7 Å². The van der Waals surface area contributed by atoms with Gasteiger partial charge in [0.1, 0.15) is 0 Å². The molecule has 1 aliphatic rings. The summed E-state index contributed by atoms with van der Waals surface area (Å²) >= 11 is 0. The summed E-state index contributed by atoms with van der Waals surface area (Å²) in [5, 5.41) is 8.35. The fraction of sp³-hybridized carbons (Fsp3) is 0.435. The number of unbranched alkanes of at least 4 members (excludes halogenated alkanes) is 6. The van der Waals surface area contributed by atoms with Gasteiger partial charge in [-0.1, -0.05) is 94.0 Å². The summed E-state index contributed by atoms with van der Waals surface area (Å²) in [5.74, 6) is -0.663. The van der Waals surface area contributed by atoms with Crippen LogP contribution in [0.5, 0.6) is 0 Å². The minimum Gasteiger partial charge on any atom is -0.481 e. The average Bonchev–Trinajstić information content (AvgIpc) is 3.00. The van der Waals surface area contributed by atoms with Crippen molar-refractivity contribution in [2.24, 2.45) is 0 Å². The number of rotatable bonds is 8. The van der Waals surface area contributed by atoms with Crippen molar-refractivity contribution in [1.29, 1.82) is 0 Å². The summed E-state index contributed by atoms with van der Waals surface area (Å²) < 4.78 is 0. The van der Waals surface area contributed by atoms with Crippen molar-refractivity contribution < 1.29 is 9.90 Å². The third kappa shape index (κ3) is 6.38.